The van der Waals surface area contributed by atoms with Gasteiger partial charge in [-0.1, -0.05) is 36.4 Å². The molecule has 0 spiro atoms. The first kappa shape index (κ1) is 23.5. The third-order valence-electron chi connectivity index (χ3n) is 7.07. The van der Waals surface area contributed by atoms with Crippen molar-refractivity contribution in [3.05, 3.63) is 66.4 Å². The zero-order chi connectivity index (χ0) is 24.4. The Balaban J connectivity index is 1.25. The summed E-state index contributed by atoms with van der Waals surface area (Å²) in [6, 6.07) is 17.8. The number of carbonyl (C=O) groups excluding carboxylic acids is 2. The first-order chi connectivity index (χ1) is 17.0. The van der Waals surface area contributed by atoms with E-state index in [1.807, 2.05) is 43.5 Å². The number of fused-ring (bicyclic) bond motifs is 1. The lowest BCUT2D eigenvalue weighted by Gasteiger charge is -2.39. The highest BCUT2D eigenvalue weighted by Crippen LogP contribution is 2.29. The maximum atomic E-state index is 13.2. The van der Waals surface area contributed by atoms with Gasteiger partial charge in [-0.3, -0.25) is 19.4 Å². The number of H-pyrrole nitrogens is 1. The highest BCUT2D eigenvalue weighted by atomic mass is 32.1. The molecule has 35 heavy (non-hydrogen) atoms. The van der Waals surface area contributed by atoms with Gasteiger partial charge < -0.3 is 15.2 Å². The van der Waals surface area contributed by atoms with Gasteiger partial charge in [-0.25, -0.2) is 0 Å². The molecule has 5 rings (SSSR count). The topological polar surface area (TPSA) is 71.7 Å². The number of carbonyl (C=O) groups is 2. The lowest BCUT2D eigenvalue weighted by atomic mass is 10.00. The number of hydrogen-bond donors (Lipinski definition) is 2. The second kappa shape index (κ2) is 10.2. The predicted molar refractivity (Wildman–Crippen MR) is 142 cm³/mol. The Morgan fingerprint density at radius 1 is 1.11 bits per heavy atom. The SMILES string of the molecule is CCN1C(=O)C(CC(=O)Nc2ccc3cc[nH]c3c2)N(C2CCN(Cc3ccccc3)CC2)C1=S. The van der Waals surface area contributed by atoms with Crippen LogP contribution in [0, 0.1) is 0 Å². The molecule has 1 unspecified atom stereocenters. The molecule has 0 saturated carbocycles. The fourth-order valence-corrected chi connectivity index (χ4v) is 5.76. The van der Waals surface area contributed by atoms with Gasteiger partial charge in [0.25, 0.3) is 5.91 Å². The van der Waals surface area contributed by atoms with E-state index in [2.05, 4.69) is 44.4 Å². The molecule has 7 nitrogen and oxygen atoms in total. The Bertz CT molecular complexity index is 1220. The van der Waals surface area contributed by atoms with Gasteiger partial charge in [0, 0.05) is 49.6 Å². The first-order valence-electron chi connectivity index (χ1n) is 12.3. The molecule has 0 bridgehead atoms. The van der Waals surface area contributed by atoms with E-state index < -0.39 is 6.04 Å². The molecular weight excluding hydrogens is 458 g/mol. The second-order valence-electron chi connectivity index (χ2n) is 9.31. The van der Waals surface area contributed by atoms with Crippen LogP contribution in [0.1, 0.15) is 31.7 Å². The van der Waals surface area contributed by atoms with Crippen molar-refractivity contribution in [1.29, 1.82) is 0 Å². The molecule has 8 heteroatoms. The summed E-state index contributed by atoms with van der Waals surface area (Å²) >= 11 is 5.74. The Kier molecular flexibility index (Phi) is 6.83. The predicted octanol–water partition coefficient (Wildman–Crippen LogP) is 3.98. The van der Waals surface area contributed by atoms with Crippen LogP contribution in [-0.4, -0.2) is 68.3 Å². The van der Waals surface area contributed by atoms with Crippen LogP contribution in [0.5, 0.6) is 0 Å². The number of aromatic nitrogens is 1. The first-order valence-corrected chi connectivity index (χ1v) is 12.7. The number of hydrogen-bond acceptors (Lipinski definition) is 4. The van der Waals surface area contributed by atoms with Gasteiger partial charge in [0.15, 0.2) is 5.11 Å². The van der Waals surface area contributed by atoms with E-state index in [0.717, 1.165) is 43.4 Å². The van der Waals surface area contributed by atoms with E-state index in [4.69, 9.17) is 12.2 Å². The Morgan fingerprint density at radius 2 is 1.89 bits per heavy atom. The van der Waals surface area contributed by atoms with Crippen molar-refractivity contribution in [3.63, 3.8) is 0 Å². The van der Waals surface area contributed by atoms with Crippen LogP contribution in [0.2, 0.25) is 0 Å². The Hall–Kier alpha value is -3.23. The van der Waals surface area contributed by atoms with E-state index >= 15 is 0 Å². The second-order valence-corrected chi connectivity index (χ2v) is 9.68. The largest absolute Gasteiger partial charge is 0.361 e. The maximum absolute atomic E-state index is 13.2. The third-order valence-corrected chi connectivity index (χ3v) is 7.50. The molecular formula is C27H31N5O2S. The van der Waals surface area contributed by atoms with Crippen LogP contribution >= 0.6 is 12.2 Å². The summed E-state index contributed by atoms with van der Waals surface area (Å²) in [5.74, 6) is -0.249. The minimum absolute atomic E-state index is 0.0702. The molecule has 2 fully saturated rings. The molecule has 0 radical (unpaired) electrons. The molecule has 182 valence electrons. The zero-order valence-electron chi connectivity index (χ0n) is 19.9. The van der Waals surface area contributed by atoms with E-state index in [9.17, 15) is 9.59 Å². The van der Waals surface area contributed by atoms with Crippen molar-refractivity contribution in [2.45, 2.75) is 44.8 Å². The van der Waals surface area contributed by atoms with Gasteiger partial charge in [-0.2, -0.15) is 0 Å². The number of nitrogens with zero attached hydrogens (tertiary/aromatic N) is 3. The van der Waals surface area contributed by atoms with Gasteiger partial charge in [0.05, 0.1) is 6.42 Å². The van der Waals surface area contributed by atoms with E-state index in [1.54, 1.807) is 4.90 Å². The third kappa shape index (κ3) is 4.94. The summed E-state index contributed by atoms with van der Waals surface area (Å²) in [7, 11) is 0. The summed E-state index contributed by atoms with van der Waals surface area (Å²) < 4.78 is 0. The van der Waals surface area contributed by atoms with Gasteiger partial charge in [-0.05, 0) is 61.1 Å². The monoisotopic (exact) mass is 489 g/mol. The summed E-state index contributed by atoms with van der Waals surface area (Å²) in [6.07, 6.45) is 3.79. The number of thiocarbonyl (C=S) groups is 1. The van der Waals surface area contributed by atoms with Crippen LogP contribution in [0.3, 0.4) is 0 Å². The van der Waals surface area contributed by atoms with Crippen molar-refractivity contribution in [1.82, 2.24) is 19.7 Å². The quantitative estimate of drug-likeness (QED) is 0.492. The summed E-state index contributed by atoms with van der Waals surface area (Å²) in [4.78, 5) is 35.5. The molecule has 0 aliphatic carbocycles. The van der Waals surface area contributed by atoms with E-state index in [1.165, 1.54) is 5.56 Å². The number of aromatic amines is 1. The maximum Gasteiger partial charge on any atom is 0.252 e. The van der Waals surface area contributed by atoms with Gasteiger partial charge in [-0.15, -0.1) is 0 Å². The summed E-state index contributed by atoms with van der Waals surface area (Å²) in [5, 5.41) is 4.61. The van der Waals surface area contributed by atoms with Crippen molar-refractivity contribution in [2.75, 3.05) is 25.0 Å². The number of amides is 2. The molecule has 1 atom stereocenters. The zero-order valence-corrected chi connectivity index (χ0v) is 20.8. The average molecular weight is 490 g/mol. The Labute approximate surface area is 211 Å². The van der Waals surface area contributed by atoms with Gasteiger partial charge in [0.1, 0.15) is 6.04 Å². The standard InChI is InChI=1S/C27H31N5O2S/c1-2-31-26(34)24(17-25(33)29-21-9-8-20-10-13-28-23(20)16-21)32(27(31)35)22-11-14-30(15-12-22)18-19-6-4-3-5-7-19/h3-10,13,16,22,24,28H,2,11-12,14-15,17-18H2,1H3,(H,29,33). The lowest BCUT2D eigenvalue weighted by molar-refractivity contribution is -0.131. The van der Waals surface area contributed by atoms with Crippen molar-refractivity contribution >= 4 is 45.7 Å². The molecule has 2 saturated heterocycles. The summed E-state index contributed by atoms with van der Waals surface area (Å²) in [6.45, 7) is 5.25. The Morgan fingerprint density at radius 3 is 2.63 bits per heavy atom. The molecule has 2 aliphatic rings. The van der Waals surface area contributed by atoms with Crippen LogP contribution in [-0.2, 0) is 16.1 Å². The number of likely N-dealkylation sites (N-methyl/N-ethyl adjacent to an activating group) is 1. The van der Waals surface area contributed by atoms with Crippen LogP contribution in [0.25, 0.3) is 10.9 Å². The van der Waals surface area contributed by atoms with E-state index in [0.29, 0.717) is 17.3 Å². The van der Waals surface area contributed by atoms with Crippen LogP contribution in [0.4, 0.5) is 5.69 Å². The number of benzene rings is 2. The van der Waals surface area contributed by atoms with Crippen LogP contribution < -0.4 is 5.32 Å². The molecule has 2 N–H and O–H groups in total. The minimum Gasteiger partial charge on any atom is -0.361 e. The number of nitrogens with one attached hydrogen (secondary N) is 2. The smallest absolute Gasteiger partial charge is 0.252 e. The average Bonchev–Trinajstić information content (AvgIpc) is 3.42. The molecule has 2 aliphatic heterocycles. The normalized spacial score (nSPS) is 19.6. The van der Waals surface area contributed by atoms with Gasteiger partial charge >= 0.3 is 0 Å². The highest BCUT2D eigenvalue weighted by molar-refractivity contribution is 7.80. The molecule has 1 aromatic heterocycles. The fraction of sp³-hybridized carbons (Fsp3) is 0.370. The number of likely N-dealkylation sites (tertiary alicyclic amines) is 1. The number of anilines is 1. The molecule has 2 amide bonds. The minimum atomic E-state index is -0.553. The molecule has 3 aromatic rings. The lowest BCUT2D eigenvalue weighted by Crippen LogP contribution is -2.49. The fourth-order valence-electron chi connectivity index (χ4n) is 5.26. The van der Waals surface area contributed by atoms with Gasteiger partial charge in [0.2, 0.25) is 5.91 Å². The highest BCUT2D eigenvalue weighted by Gasteiger charge is 2.46. The van der Waals surface area contributed by atoms with Crippen molar-refractivity contribution in [3.8, 4) is 0 Å². The van der Waals surface area contributed by atoms with Crippen LogP contribution in [0.15, 0.2) is 60.8 Å². The van der Waals surface area contributed by atoms with Crippen molar-refractivity contribution in [2.24, 2.45) is 0 Å². The molecule has 2 aromatic carbocycles. The van der Waals surface area contributed by atoms with E-state index in [-0.39, 0.29) is 24.3 Å². The number of piperidine rings is 1. The number of rotatable bonds is 7. The van der Waals surface area contributed by atoms with Crippen molar-refractivity contribution < 1.29 is 9.59 Å². The summed E-state index contributed by atoms with van der Waals surface area (Å²) in [5.41, 5.74) is 2.98. The molecule has 3 heterocycles.